The Bertz CT molecular complexity index is 890. The zero-order valence-corrected chi connectivity index (χ0v) is 16.0. The summed E-state index contributed by atoms with van der Waals surface area (Å²) < 4.78 is 25.2. The van der Waals surface area contributed by atoms with Crippen LogP contribution in [-0.2, 0) is 14.6 Å². The van der Waals surface area contributed by atoms with E-state index in [9.17, 15) is 18.0 Å². The number of sulfone groups is 1. The smallest absolute Gasteiger partial charge is 0.253 e. The van der Waals surface area contributed by atoms with Gasteiger partial charge in [0.2, 0.25) is 5.91 Å². The maximum atomic E-state index is 12.7. The van der Waals surface area contributed by atoms with Crippen molar-refractivity contribution in [3.8, 4) is 0 Å². The molecular weight excluding hydrogens is 372 g/mol. The van der Waals surface area contributed by atoms with Crippen LogP contribution in [-0.4, -0.2) is 44.0 Å². The Morgan fingerprint density at radius 1 is 1.15 bits per heavy atom. The third-order valence-electron chi connectivity index (χ3n) is 4.34. The molecule has 2 heterocycles. The fourth-order valence-electron chi connectivity index (χ4n) is 3.02. The summed E-state index contributed by atoms with van der Waals surface area (Å²) in [6.45, 7) is 2.01. The first kappa shape index (κ1) is 18.6. The summed E-state index contributed by atoms with van der Waals surface area (Å²) in [7, 11) is -3.28. The van der Waals surface area contributed by atoms with Crippen molar-refractivity contribution in [2.24, 2.45) is 0 Å². The molecule has 6 nitrogen and oxygen atoms in total. The quantitative estimate of drug-likeness (QED) is 0.870. The largest absolute Gasteiger partial charge is 0.338 e. The molecule has 1 saturated heterocycles. The SMILES string of the molecule is CC(=O)Nc1ccc(C(=O)N2CCC(c3cccs3)S(=O)(=O)CC2)cc1. The van der Waals surface area contributed by atoms with Crippen molar-refractivity contribution >= 4 is 38.7 Å². The Labute approximate surface area is 156 Å². The van der Waals surface area contributed by atoms with Crippen molar-refractivity contribution in [3.63, 3.8) is 0 Å². The van der Waals surface area contributed by atoms with Gasteiger partial charge < -0.3 is 10.2 Å². The highest BCUT2D eigenvalue weighted by molar-refractivity contribution is 7.91. The Kier molecular flexibility index (Phi) is 5.43. The van der Waals surface area contributed by atoms with E-state index in [1.807, 2.05) is 17.5 Å². The van der Waals surface area contributed by atoms with Gasteiger partial charge in [0.05, 0.1) is 11.0 Å². The number of carbonyl (C=O) groups excluding carboxylic acids is 2. The molecule has 1 atom stereocenters. The Hall–Kier alpha value is -2.19. The molecule has 138 valence electrons. The van der Waals surface area contributed by atoms with Gasteiger partial charge in [-0.2, -0.15) is 0 Å². The molecule has 1 aliphatic rings. The first-order valence-electron chi connectivity index (χ1n) is 8.29. The van der Waals surface area contributed by atoms with Crippen molar-refractivity contribution in [2.75, 3.05) is 24.2 Å². The lowest BCUT2D eigenvalue weighted by atomic mass is 10.1. The van der Waals surface area contributed by atoms with Crippen LogP contribution in [0.3, 0.4) is 0 Å². The van der Waals surface area contributed by atoms with Crippen LogP contribution in [0.15, 0.2) is 41.8 Å². The summed E-state index contributed by atoms with van der Waals surface area (Å²) in [6, 6.07) is 10.3. The summed E-state index contributed by atoms with van der Waals surface area (Å²) in [5, 5.41) is 3.98. The fourth-order valence-corrected chi connectivity index (χ4v) is 6.03. The average molecular weight is 393 g/mol. The molecule has 0 spiro atoms. The number of benzene rings is 1. The van der Waals surface area contributed by atoms with Gasteiger partial charge in [0, 0.05) is 36.1 Å². The van der Waals surface area contributed by atoms with Crippen LogP contribution in [0.4, 0.5) is 5.69 Å². The first-order valence-corrected chi connectivity index (χ1v) is 10.9. The standard InChI is InChI=1S/C18H20N2O4S2/c1-13(21)19-15-6-4-14(5-7-15)18(22)20-9-8-17(16-3-2-11-25-16)26(23,24)12-10-20/h2-7,11,17H,8-10,12H2,1H3,(H,19,21). The molecule has 3 rings (SSSR count). The molecule has 0 bridgehead atoms. The number of hydrogen-bond acceptors (Lipinski definition) is 5. The molecule has 2 aromatic rings. The highest BCUT2D eigenvalue weighted by Gasteiger charge is 2.33. The van der Waals surface area contributed by atoms with Gasteiger partial charge in [-0.15, -0.1) is 11.3 Å². The highest BCUT2D eigenvalue weighted by Crippen LogP contribution is 2.32. The van der Waals surface area contributed by atoms with E-state index in [1.165, 1.54) is 18.3 Å². The molecule has 1 aromatic carbocycles. The Balaban J connectivity index is 1.74. The van der Waals surface area contributed by atoms with Crippen LogP contribution in [0.25, 0.3) is 0 Å². The number of carbonyl (C=O) groups is 2. The van der Waals surface area contributed by atoms with Crippen LogP contribution in [0, 0.1) is 0 Å². The monoisotopic (exact) mass is 392 g/mol. The van der Waals surface area contributed by atoms with Crippen molar-refractivity contribution < 1.29 is 18.0 Å². The number of thiophene rings is 1. The third kappa shape index (κ3) is 4.13. The number of rotatable bonds is 3. The van der Waals surface area contributed by atoms with Gasteiger partial charge in [-0.05, 0) is 42.1 Å². The zero-order valence-electron chi connectivity index (χ0n) is 14.3. The molecule has 0 saturated carbocycles. The van der Waals surface area contributed by atoms with E-state index in [4.69, 9.17) is 0 Å². The zero-order chi connectivity index (χ0) is 18.7. The summed E-state index contributed by atoms with van der Waals surface area (Å²) in [6.07, 6.45) is 0.401. The molecular formula is C18H20N2O4S2. The Morgan fingerprint density at radius 3 is 2.50 bits per heavy atom. The minimum absolute atomic E-state index is 0.0364. The van der Waals surface area contributed by atoms with Gasteiger partial charge in [-0.25, -0.2) is 8.42 Å². The second-order valence-electron chi connectivity index (χ2n) is 6.21. The maximum absolute atomic E-state index is 12.7. The van der Waals surface area contributed by atoms with E-state index in [-0.39, 0.29) is 24.1 Å². The Morgan fingerprint density at radius 2 is 1.88 bits per heavy atom. The molecule has 1 aromatic heterocycles. The third-order valence-corrected chi connectivity index (χ3v) is 7.58. The van der Waals surface area contributed by atoms with Gasteiger partial charge in [-0.3, -0.25) is 9.59 Å². The van der Waals surface area contributed by atoms with Crippen molar-refractivity contribution in [2.45, 2.75) is 18.6 Å². The lowest BCUT2D eigenvalue weighted by Crippen LogP contribution is -2.33. The second kappa shape index (κ2) is 7.59. The summed E-state index contributed by atoms with van der Waals surface area (Å²) >= 11 is 1.44. The van der Waals surface area contributed by atoms with Crippen LogP contribution in [0.2, 0.25) is 0 Å². The van der Waals surface area contributed by atoms with Crippen LogP contribution in [0.1, 0.15) is 33.8 Å². The normalized spacial score (nSPS) is 19.6. The van der Waals surface area contributed by atoms with Crippen molar-refractivity contribution in [1.82, 2.24) is 4.90 Å². The number of anilines is 1. The molecule has 8 heteroatoms. The molecule has 0 aliphatic carbocycles. The van der Waals surface area contributed by atoms with E-state index < -0.39 is 15.1 Å². The van der Waals surface area contributed by atoms with E-state index >= 15 is 0 Å². The second-order valence-corrected chi connectivity index (χ2v) is 9.49. The van der Waals surface area contributed by atoms with E-state index in [1.54, 1.807) is 29.2 Å². The summed E-state index contributed by atoms with van der Waals surface area (Å²) in [4.78, 5) is 26.2. The average Bonchev–Trinajstić information content (AvgIpc) is 3.06. The number of nitrogens with one attached hydrogen (secondary N) is 1. The highest BCUT2D eigenvalue weighted by atomic mass is 32.2. The van der Waals surface area contributed by atoms with Crippen LogP contribution in [0.5, 0.6) is 0 Å². The molecule has 1 aliphatic heterocycles. The van der Waals surface area contributed by atoms with Gasteiger partial charge in [-0.1, -0.05) is 6.07 Å². The van der Waals surface area contributed by atoms with Crippen LogP contribution < -0.4 is 5.32 Å². The van der Waals surface area contributed by atoms with Gasteiger partial charge in [0.15, 0.2) is 9.84 Å². The number of amides is 2. The lowest BCUT2D eigenvalue weighted by Gasteiger charge is -2.20. The predicted molar refractivity (Wildman–Crippen MR) is 102 cm³/mol. The molecule has 26 heavy (non-hydrogen) atoms. The molecule has 0 radical (unpaired) electrons. The van der Waals surface area contributed by atoms with Gasteiger partial charge in [0.25, 0.3) is 5.91 Å². The minimum Gasteiger partial charge on any atom is -0.338 e. The first-order chi connectivity index (χ1) is 12.4. The van der Waals surface area contributed by atoms with Crippen molar-refractivity contribution in [3.05, 3.63) is 52.2 Å². The van der Waals surface area contributed by atoms with E-state index in [0.29, 0.717) is 24.2 Å². The lowest BCUT2D eigenvalue weighted by molar-refractivity contribution is -0.114. The maximum Gasteiger partial charge on any atom is 0.253 e. The van der Waals surface area contributed by atoms with E-state index in [2.05, 4.69) is 5.32 Å². The number of nitrogens with zero attached hydrogens (tertiary/aromatic N) is 1. The fraction of sp³-hybridized carbons (Fsp3) is 0.333. The van der Waals surface area contributed by atoms with Gasteiger partial charge >= 0.3 is 0 Å². The molecule has 1 fully saturated rings. The van der Waals surface area contributed by atoms with E-state index in [0.717, 1.165) is 4.88 Å². The molecule has 1 unspecified atom stereocenters. The molecule has 1 N–H and O–H groups in total. The topological polar surface area (TPSA) is 83.6 Å². The molecule has 2 amide bonds. The van der Waals surface area contributed by atoms with Crippen molar-refractivity contribution in [1.29, 1.82) is 0 Å². The summed E-state index contributed by atoms with van der Waals surface area (Å²) in [5.74, 6) is -0.409. The summed E-state index contributed by atoms with van der Waals surface area (Å²) in [5.41, 5.74) is 1.09. The minimum atomic E-state index is -3.28. The van der Waals surface area contributed by atoms with Crippen LogP contribution >= 0.6 is 11.3 Å². The predicted octanol–water partition coefficient (Wildman–Crippen LogP) is 2.71. The number of hydrogen-bond donors (Lipinski definition) is 1. The van der Waals surface area contributed by atoms with Gasteiger partial charge in [0.1, 0.15) is 0 Å².